The smallest absolute Gasteiger partial charge is 0.323 e. The van der Waals surface area contributed by atoms with Crippen LogP contribution in [0.2, 0.25) is 0 Å². The van der Waals surface area contributed by atoms with Gasteiger partial charge in [0.15, 0.2) is 0 Å². The molecule has 4 nitrogen and oxygen atoms in total. The summed E-state index contributed by atoms with van der Waals surface area (Å²) in [5.74, 6) is -0.712. The number of aliphatic carboxylic acids is 1. The highest BCUT2D eigenvalue weighted by molar-refractivity contribution is 5.78. The molecule has 0 saturated heterocycles. The maximum Gasteiger partial charge on any atom is 0.323 e. The van der Waals surface area contributed by atoms with Crippen molar-refractivity contribution < 1.29 is 9.90 Å². The summed E-state index contributed by atoms with van der Waals surface area (Å²) in [5.41, 5.74) is -0.723. The molecule has 1 aliphatic rings. The van der Waals surface area contributed by atoms with Crippen LogP contribution in [0.15, 0.2) is 0 Å². The van der Waals surface area contributed by atoms with E-state index in [1.54, 1.807) is 0 Å². The van der Waals surface area contributed by atoms with Crippen LogP contribution in [0.1, 0.15) is 46.0 Å². The van der Waals surface area contributed by atoms with Gasteiger partial charge in [-0.15, -0.1) is 0 Å². The van der Waals surface area contributed by atoms with Crippen molar-refractivity contribution in [2.24, 2.45) is 0 Å². The molecular weight excluding hydrogens is 216 g/mol. The van der Waals surface area contributed by atoms with E-state index >= 15 is 0 Å². The van der Waals surface area contributed by atoms with Crippen molar-refractivity contribution in [3.05, 3.63) is 0 Å². The molecule has 1 unspecified atom stereocenters. The first-order valence-corrected chi connectivity index (χ1v) is 6.74. The van der Waals surface area contributed by atoms with Crippen LogP contribution in [0.3, 0.4) is 0 Å². The van der Waals surface area contributed by atoms with E-state index in [9.17, 15) is 9.90 Å². The monoisotopic (exact) mass is 242 g/mol. The number of rotatable bonds is 9. The van der Waals surface area contributed by atoms with Crippen LogP contribution < -0.4 is 5.32 Å². The fourth-order valence-electron chi connectivity index (χ4n) is 2.39. The van der Waals surface area contributed by atoms with Crippen LogP contribution in [-0.4, -0.2) is 47.7 Å². The highest BCUT2D eigenvalue weighted by Crippen LogP contribution is 2.26. The zero-order valence-electron chi connectivity index (χ0n) is 11.3. The number of carboxylic acid groups (broad SMARTS) is 1. The summed E-state index contributed by atoms with van der Waals surface area (Å²) in [6.45, 7) is 5.62. The van der Waals surface area contributed by atoms with E-state index in [4.69, 9.17) is 0 Å². The molecule has 0 bridgehead atoms. The molecule has 0 heterocycles. The van der Waals surface area contributed by atoms with Crippen molar-refractivity contribution in [2.45, 2.75) is 57.5 Å². The Morgan fingerprint density at radius 3 is 2.53 bits per heavy atom. The zero-order chi connectivity index (χ0) is 12.9. The molecule has 0 aromatic rings. The molecule has 0 amide bonds. The van der Waals surface area contributed by atoms with Gasteiger partial charge in [0.25, 0.3) is 0 Å². The van der Waals surface area contributed by atoms with E-state index in [1.165, 1.54) is 12.8 Å². The summed E-state index contributed by atoms with van der Waals surface area (Å²) in [7, 11) is 2.14. The summed E-state index contributed by atoms with van der Waals surface area (Å²) in [6, 6.07) is 0.759. The summed E-state index contributed by atoms with van der Waals surface area (Å²) in [4.78, 5) is 13.7. The van der Waals surface area contributed by atoms with Crippen molar-refractivity contribution >= 4 is 5.97 Å². The maximum absolute atomic E-state index is 11.4. The normalized spacial score (nSPS) is 19.3. The van der Waals surface area contributed by atoms with Gasteiger partial charge in [-0.05, 0) is 52.2 Å². The first-order valence-electron chi connectivity index (χ1n) is 6.74. The van der Waals surface area contributed by atoms with Crippen LogP contribution in [0.25, 0.3) is 0 Å². The van der Waals surface area contributed by atoms with Crippen LogP contribution in [0.4, 0.5) is 0 Å². The van der Waals surface area contributed by atoms with E-state index in [0.29, 0.717) is 19.4 Å². The molecule has 17 heavy (non-hydrogen) atoms. The second kappa shape index (κ2) is 6.36. The number of hydrogen-bond donors (Lipinski definition) is 2. The molecular formula is C13H26N2O2. The standard InChI is InChI=1S/C13H26N2O2/c1-4-13(12(16)17,14-5-2)9-6-10-15(3)11-7-8-11/h11,14H,4-10H2,1-3H3,(H,16,17). The third-order valence-corrected chi connectivity index (χ3v) is 3.81. The lowest BCUT2D eigenvalue weighted by Gasteiger charge is -2.30. The molecule has 1 rings (SSSR count). The largest absolute Gasteiger partial charge is 0.480 e. The topological polar surface area (TPSA) is 52.6 Å². The summed E-state index contributed by atoms with van der Waals surface area (Å²) in [6.07, 6.45) is 4.91. The van der Waals surface area contributed by atoms with Gasteiger partial charge in [0, 0.05) is 6.04 Å². The summed E-state index contributed by atoms with van der Waals surface area (Å²) in [5, 5.41) is 12.5. The van der Waals surface area contributed by atoms with E-state index in [2.05, 4.69) is 17.3 Å². The minimum atomic E-state index is -0.723. The zero-order valence-corrected chi connectivity index (χ0v) is 11.3. The molecule has 0 aromatic heterocycles. The quantitative estimate of drug-likeness (QED) is 0.646. The van der Waals surface area contributed by atoms with Gasteiger partial charge in [-0.1, -0.05) is 13.8 Å². The number of carboxylic acids is 1. The van der Waals surface area contributed by atoms with Crippen molar-refractivity contribution in [2.75, 3.05) is 20.1 Å². The summed E-state index contributed by atoms with van der Waals surface area (Å²) >= 11 is 0. The summed E-state index contributed by atoms with van der Waals surface area (Å²) < 4.78 is 0. The Hall–Kier alpha value is -0.610. The van der Waals surface area contributed by atoms with Crippen molar-refractivity contribution in [3.8, 4) is 0 Å². The number of carbonyl (C=O) groups is 1. The third kappa shape index (κ3) is 3.96. The Balaban J connectivity index is 2.39. The Bertz CT molecular complexity index is 254. The number of nitrogens with zero attached hydrogens (tertiary/aromatic N) is 1. The van der Waals surface area contributed by atoms with Crippen LogP contribution in [0.5, 0.6) is 0 Å². The van der Waals surface area contributed by atoms with Crippen LogP contribution in [0, 0.1) is 0 Å². The number of hydrogen-bond acceptors (Lipinski definition) is 3. The molecule has 0 aromatic carbocycles. The van der Waals surface area contributed by atoms with E-state index < -0.39 is 11.5 Å². The van der Waals surface area contributed by atoms with Gasteiger partial charge in [-0.25, -0.2) is 0 Å². The number of nitrogens with one attached hydrogen (secondary N) is 1. The minimum absolute atomic E-state index is 0.642. The SMILES string of the molecule is CCNC(CC)(CCCN(C)C1CC1)C(=O)O. The molecule has 1 saturated carbocycles. The lowest BCUT2D eigenvalue weighted by Crippen LogP contribution is -2.51. The average Bonchev–Trinajstić information content (AvgIpc) is 3.11. The molecule has 2 N–H and O–H groups in total. The Labute approximate surface area is 104 Å². The maximum atomic E-state index is 11.4. The fraction of sp³-hybridized carbons (Fsp3) is 0.923. The lowest BCUT2D eigenvalue weighted by atomic mass is 9.90. The van der Waals surface area contributed by atoms with Gasteiger partial charge in [-0.2, -0.15) is 0 Å². The second-order valence-electron chi connectivity index (χ2n) is 5.09. The molecule has 1 aliphatic carbocycles. The van der Waals surface area contributed by atoms with Crippen molar-refractivity contribution in [1.82, 2.24) is 10.2 Å². The number of likely N-dealkylation sites (N-methyl/N-ethyl adjacent to an activating group) is 1. The lowest BCUT2D eigenvalue weighted by molar-refractivity contribution is -0.145. The molecule has 4 heteroatoms. The van der Waals surface area contributed by atoms with E-state index in [0.717, 1.165) is 19.0 Å². The van der Waals surface area contributed by atoms with E-state index in [1.807, 2.05) is 13.8 Å². The van der Waals surface area contributed by atoms with Gasteiger partial charge < -0.3 is 15.3 Å². The third-order valence-electron chi connectivity index (χ3n) is 3.81. The van der Waals surface area contributed by atoms with Crippen molar-refractivity contribution in [3.63, 3.8) is 0 Å². The van der Waals surface area contributed by atoms with Gasteiger partial charge in [0.1, 0.15) is 5.54 Å². The predicted octanol–water partition coefficient (Wildman–Crippen LogP) is 1.70. The van der Waals surface area contributed by atoms with Gasteiger partial charge in [0.05, 0.1) is 0 Å². The first kappa shape index (κ1) is 14.5. The van der Waals surface area contributed by atoms with Crippen LogP contribution >= 0.6 is 0 Å². The molecule has 1 fully saturated rings. The van der Waals surface area contributed by atoms with Gasteiger partial charge >= 0.3 is 5.97 Å². The molecule has 0 spiro atoms. The van der Waals surface area contributed by atoms with E-state index in [-0.39, 0.29) is 0 Å². The minimum Gasteiger partial charge on any atom is -0.480 e. The Morgan fingerprint density at radius 2 is 2.12 bits per heavy atom. The molecule has 100 valence electrons. The Kier molecular flexibility index (Phi) is 5.40. The van der Waals surface area contributed by atoms with Gasteiger partial charge in [0.2, 0.25) is 0 Å². The fourth-order valence-corrected chi connectivity index (χ4v) is 2.39. The first-order chi connectivity index (χ1) is 8.05. The van der Waals surface area contributed by atoms with Crippen molar-refractivity contribution in [1.29, 1.82) is 0 Å². The van der Waals surface area contributed by atoms with Gasteiger partial charge in [-0.3, -0.25) is 4.79 Å². The Morgan fingerprint density at radius 1 is 1.47 bits per heavy atom. The average molecular weight is 242 g/mol. The highest BCUT2D eigenvalue weighted by atomic mass is 16.4. The molecule has 1 atom stereocenters. The molecule has 0 aliphatic heterocycles. The molecule has 0 radical (unpaired) electrons. The van der Waals surface area contributed by atoms with Crippen LogP contribution in [-0.2, 0) is 4.79 Å². The highest BCUT2D eigenvalue weighted by Gasteiger charge is 2.35. The predicted molar refractivity (Wildman–Crippen MR) is 69.2 cm³/mol. The second-order valence-corrected chi connectivity index (χ2v) is 5.09.